The number of methoxy groups -OCH3 is 1. The normalized spacial score (nSPS) is 10.9. The molecule has 0 aliphatic carbocycles. The van der Waals surface area contributed by atoms with Crippen LogP contribution in [-0.2, 0) is 20.1 Å². The molecule has 6 nitrogen and oxygen atoms in total. The van der Waals surface area contributed by atoms with E-state index < -0.39 is 0 Å². The maximum Gasteiger partial charge on any atom is 0.191 e. The first-order chi connectivity index (χ1) is 10.6. The van der Waals surface area contributed by atoms with Gasteiger partial charge in [0.15, 0.2) is 5.96 Å². The van der Waals surface area contributed by atoms with E-state index in [9.17, 15) is 0 Å². The number of aliphatic imine (C=N–C) groups is 1. The number of hydrogen-bond acceptors (Lipinski definition) is 3. The summed E-state index contributed by atoms with van der Waals surface area (Å²) in [6.07, 6.45) is 1.78. The quantitative estimate of drug-likeness (QED) is 0.435. The van der Waals surface area contributed by atoms with Gasteiger partial charge in [0.1, 0.15) is 5.75 Å². The summed E-state index contributed by atoms with van der Waals surface area (Å²) in [7, 11) is 5.36. The standard InChI is InChI=1S/C16H23N5O.HI/c1-12-5-6-13(15(9-12)22-4)10-18-16(17-2)19-11-14-7-8-20-21(14)3;/h5-9H,10-11H2,1-4H3,(H2,17,18,19);1H. The third-order valence-corrected chi connectivity index (χ3v) is 3.47. The molecule has 0 aliphatic rings. The summed E-state index contributed by atoms with van der Waals surface area (Å²) in [6, 6.07) is 8.15. The van der Waals surface area contributed by atoms with Crippen molar-refractivity contribution in [2.75, 3.05) is 14.2 Å². The largest absolute Gasteiger partial charge is 0.496 e. The number of halogens is 1. The van der Waals surface area contributed by atoms with Crippen molar-refractivity contribution in [2.45, 2.75) is 20.0 Å². The van der Waals surface area contributed by atoms with Crippen LogP contribution < -0.4 is 15.4 Å². The summed E-state index contributed by atoms with van der Waals surface area (Å²) in [6.45, 7) is 3.36. The number of ether oxygens (including phenoxy) is 1. The van der Waals surface area contributed by atoms with Crippen LogP contribution in [0, 0.1) is 6.92 Å². The van der Waals surface area contributed by atoms with Crippen molar-refractivity contribution in [1.82, 2.24) is 20.4 Å². The summed E-state index contributed by atoms with van der Waals surface area (Å²) in [5, 5.41) is 10.7. The SMILES string of the molecule is CN=C(NCc1ccc(C)cc1OC)NCc1ccnn1C.I. The number of rotatable bonds is 5. The van der Waals surface area contributed by atoms with Crippen molar-refractivity contribution >= 4 is 29.9 Å². The highest BCUT2D eigenvalue weighted by Crippen LogP contribution is 2.19. The van der Waals surface area contributed by atoms with Crippen LogP contribution in [0.5, 0.6) is 5.75 Å². The van der Waals surface area contributed by atoms with E-state index in [2.05, 4.69) is 32.9 Å². The molecule has 0 radical (unpaired) electrons. The molecule has 0 fully saturated rings. The van der Waals surface area contributed by atoms with Gasteiger partial charge in [-0.15, -0.1) is 24.0 Å². The number of aryl methyl sites for hydroxylation is 2. The van der Waals surface area contributed by atoms with Gasteiger partial charge in [-0.1, -0.05) is 12.1 Å². The minimum atomic E-state index is 0. The number of aromatic nitrogens is 2. The molecule has 0 saturated carbocycles. The molecular weight excluding hydrogens is 405 g/mol. The molecule has 23 heavy (non-hydrogen) atoms. The second-order valence-corrected chi connectivity index (χ2v) is 5.04. The van der Waals surface area contributed by atoms with E-state index in [4.69, 9.17) is 4.74 Å². The summed E-state index contributed by atoms with van der Waals surface area (Å²) >= 11 is 0. The van der Waals surface area contributed by atoms with Crippen LogP contribution in [0.25, 0.3) is 0 Å². The molecule has 2 rings (SSSR count). The van der Waals surface area contributed by atoms with Gasteiger partial charge in [0, 0.05) is 32.4 Å². The lowest BCUT2D eigenvalue weighted by atomic mass is 10.1. The fourth-order valence-electron chi connectivity index (χ4n) is 2.15. The predicted octanol–water partition coefficient (Wildman–Crippen LogP) is 2.22. The van der Waals surface area contributed by atoms with Crippen molar-refractivity contribution in [2.24, 2.45) is 12.0 Å². The minimum absolute atomic E-state index is 0. The Hall–Kier alpha value is -1.77. The molecule has 126 valence electrons. The number of hydrogen-bond donors (Lipinski definition) is 2. The highest BCUT2D eigenvalue weighted by Gasteiger charge is 2.05. The molecule has 0 bridgehead atoms. The first-order valence-electron chi connectivity index (χ1n) is 7.19. The molecule has 0 unspecified atom stereocenters. The number of nitrogens with one attached hydrogen (secondary N) is 2. The maximum absolute atomic E-state index is 5.41. The third-order valence-electron chi connectivity index (χ3n) is 3.47. The van der Waals surface area contributed by atoms with Gasteiger partial charge in [-0.3, -0.25) is 9.67 Å². The Morgan fingerprint density at radius 3 is 2.61 bits per heavy atom. The maximum atomic E-state index is 5.41. The highest BCUT2D eigenvalue weighted by molar-refractivity contribution is 14.0. The van der Waals surface area contributed by atoms with Gasteiger partial charge >= 0.3 is 0 Å². The van der Waals surface area contributed by atoms with Crippen molar-refractivity contribution < 1.29 is 4.74 Å². The van der Waals surface area contributed by atoms with Crippen LogP contribution in [0.2, 0.25) is 0 Å². The average Bonchev–Trinajstić information content (AvgIpc) is 2.93. The average molecular weight is 429 g/mol. The first kappa shape index (κ1) is 19.3. The van der Waals surface area contributed by atoms with Gasteiger partial charge < -0.3 is 15.4 Å². The van der Waals surface area contributed by atoms with Crippen LogP contribution in [0.3, 0.4) is 0 Å². The lowest BCUT2D eigenvalue weighted by Gasteiger charge is -2.14. The van der Waals surface area contributed by atoms with Crippen LogP contribution in [-0.4, -0.2) is 29.9 Å². The lowest BCUT2D eigenvalue weighted by Crippen LogP contribution is -2.36. The highest BCUT2D eigenvalue weighted by atomic mass is 127. The van der Waals surface area contributed by atoms with Gasteiger partial charge in [-0.25, -0.2) is 0 Å². The molecule has 0 atom stereocenters. The summed E-state index contributed by atoms with van der Waals surface area (Å²) < 4.78 is 7.25. The predicted molar refractivity (Wildman–Crippen MR) is 103 cm³/mol. The van der Waals surface area contributed by atoms with Gasteiger partial charge in [0.25, 0.3) is 0 Å². The number of benzene rings is 1. The van der Waals surface area contributed by atoms with Crippen molar-refractivity contribution in [3.8, 4) is 5.75 Å². The Bertz CT molecular complexity index is 654. The van der Waals surface area contributed by atoms with Crippen LogP contribution in [0.4, 0.5) is 0 Å². The lowest BCUT2D eigenvalue weighted by molar-refractivity contribution is 0.408. The van der Waals surface area contributed by atoms with Crippen LogP contribution in [0.1, 0.15) is 16.8 Å². The second-order valence-electron chi connectivity index (χ2n) is 5.04. The van der Waals surface area contributed by atoms with Crippen molar-refractivity contribution in [3.63, 3.8) is 0 Å². The summed E-state index contributed by atoms with van der Waals surface area (Å²) in [5.41, 5.74) is 3.37. The Balaban J connectivity index is 0.00000264. The molecule has 1 aromatic heterocycles. The van der Waals surface area contributed by atoms with E-state index in [1.807, 2.05) is 30.8 Å². The summed E-state index contributed by atoms with van der Waals surface area (Å²) in [4.78, 5) is 4.23. The van der Waals surface area contributed by atoms with E-state index in [1.165, 1.54) is 5.56 Å². The van der Waals surface area contributed by atoms with Crippen LogP contribution >= 0.6 is 24.0 Å². The Morgan fingerprint density at radius 2 is 2.00 bits per heavy atom. The molecule has 1 heterocycles. The zero-order valence-corrected chi connectivity index (χ0v) is 16.3. The molecule has 0 aliphatic heterocycles. The molecule has 7 heteroatoms. The molecule has 0 spiro atoms. The van der Waals surface area contributed by atoms with E-state index in [0.29, 0.717) is 13.1 Å². The van der Waals surface area contributed by atoms with E-state index in [1.54, 1.807) is 20.4 Å². The number of guanidine groups is 1. The third kappa shape index (κ3) is 5.42. The molecule has 0 amide bonds. The van der Waals surface area contributed by atoms with Gasteiger partial charge in [-0.2, -0.15) is 5.10 Å². The second kappa shape index (κ2) is 9.39. The molecule has 2 N–H and O–H groups in total. The fraction of sp³-hybridized carbons (Fsp3) is 0.375. The van der Waals surface area contributed by atoms with Gasteiger partial charge in [-0.05, 0) is 24.6 Å². The smallest absolute Gasteiger partial charge is 0.191 e. The van der Waals surface area contributed by atoms with E-state index >= 15 is 0 Å². The molecule has 0 saturated heterocycles. The van der Waals surface area contributed by atoms with Crippen LogP contribution in [0.15, 0.2) is 35.5 Å². The Morgan fingerprint density at radius 1 is 1.26 bits per heavy atom. The van der Waals surface area contributed by atoms with E-state index in [0.717, 1.165) is 23.0 Å². The zero-order chi connectivity index (χ0) is 15.9. The monoisotopic (exact) mass is 429 g/mol. The van der Waals surface area contributed by atoms with Gasteiger partial charge in [0.2, 0.25) is 0 Å². The van der Waals surface area contributed by atoms with Crippen molar-refractivity contribution in [1.29, 1.82) is 0 Å². The van der Waals surface area contributed by atoms with Gasteiger partial charge in [0.05, 0.1) is 19.3 Å². The minimum Gasteiger partial charge on any atom is -0.496 e. The Kier molecular flexibility index (Phi) is 7.87. The number of nitrogens with zero attached hydrogens (tertiary/aromatic N) is 3. The molecular formula is C16H24IN5O. The first-order valence-corrected chi connectivity index (χ1v) is 7.19. The van der Waals surface area contributed by atoms with Crippen molar-refractivity contribution in [3.05, 3.63) is 47.3 Å². The van der Waals surface area contributed by atoms with E-state index in [-0.39, 0.29) is 24.0 Å². The fourth-order valence-corrected chi connectivity index (χ4v) is 2.15. The Labute approximate surface area is 154 Å². The molecule has 2 aromatic rings. The topological polar surface area (TPSA) is 63.5 Å². The zero-order valence-electron chi connectivity index (χ0n) is 14.0. The summed E-state index contributed by atoms with van der Waals surface area (Å²) in [5.74, 6) is 1.62. The molecule has 1 aromatic carbocycles.